The first-order chi connectivity index (χ1) is 21.5. The van der Waals surface area contributed by atoms with Crippen LogP contribution in [0.15, 0.2) is 47.9 Å². The molecule has 4 heterocycles. The number of rotatable bonds is 4. The highest BCUT2D eigenvalue weighted by molar-refractivity contribution is 6.33. The van der Waals surface area contributed by atoms with E-state index in [4.69, 9.17) is 11.6 Å². The lowest BCUT2D eigenvalue weighted by atomic mass is 9.96. The van der Waals surface area contributed by atoms with Gasteiger partial charge in [-0.3, -0.25) is 14.3 Å². The molecule has 6 rings (SSSR count). The van der Waals surface area contributed by atoms with Crippen molar-refractivity contribution in [3.8, 4) is 22.6 Å². The molecule has 0 aliphatic carbocycles. The van der Waals surface area contributed by atoms with Crippen molar-refractivity contribution in [3.05, 3.63) is 81.5 Å². The molecule has 2 atom stereocenters. The van der Waals surface area contributed by atoms with Gasteiger partial charge in [-0.25, -0.2) is 13.6 Å². The maximum atomic E-state index is 17.3. The van der Waals surface area contributed by atoms with Crippen LogP contribution in [0.4, 0.5) is 20.3 Å². The van der Waals surface area contributed by atoms with E-state index in [-0.39, 0.29) is 70.0 Å². The SMILES string of the molecule is C=CC(=O)N1CC2CCNc3c(F)c(-c4c(O)cccc4Cl)c(F)c4c3c(nc(=O)n4-c3c(C)ccnc3C(C)C)N2CC1C. The molecule has 2 aliphatic rings. The van der Waals surface area contributed by atoms with E-state index in [2.05, 4.69) is 21.9 Å². The second-order valence-electron chi connectivity index (χ2n) is 11.9. The van der Waals surface area contributed by atoms with E-state index in [1.807, 2.05) is 25.7 Å². The van der Waals surface area contributed by atoms with E-state index in [0.29, 0.717) is 29.9 Å². The summed E-state index contributed by atoms with van der Waals surface area (Å²) in [7, 11) is 0. The Hall–Kier alpha value is -4.51. The molecule has 0 spiro atoms. The molecule has 2 aromatic carbocycles. The molecular formula is C33H33ClF2N6O3. The number of nitrogens with zero attached hydrogens (tertiary/aromatic N) is 5. The molecule has 2 aromatic heterocycles. The van der Waals surface area contributed by atoms with Gasteiger partial charge in [0.2, 0.25) is 5.91 Å². The third kappa shape index (κ3) is 4.80. The van der Waals surface area contributed by atoms with E-state index in [1.165, 1.54) is 24.3 Å². The Bertz CT molecular complexity index is 1920. The molecule has 0 bridgehead atoms. The number of halogens is 3. The van der Waals surface area contributed by atoms with E-state index >= 15 is 8.78 Å². The van der Waals surface area contributed by atoms with Gasteiger partial charge in [0.25, 0.3) is 0 Å². The number of aromatic nitrogens is 3. The summed E-state index contributed by atoms with van der Waals surface area (Å²) in [5.74, 6) is -2.75. The van der Waals surface area contributed by atoms with Gasteiger partial charge in [-0.15, -0.1) is 0 Å². The van der Waals surface area contributed by atoms with Crippen molar-refractivity contribution < 1.29 is 18.7 Å². The van der Waals surface area contributed by atoms with E-state index < -0.39 is 28.6 Å². The minimum atomic E-state index is -1.08. The van der Waals surface area contributed by atoms with E-state index in [1.54, 1.807) is 24.1 Å². The van der Waals surface area contributed by atoms with Gasteiger partial charge in [0.15, 0.2) is 11.6 Å². The fraction of sp³-hybridized carbons (Fsp3) is 0.333. The quantitative estimate of drug-likeness (QED) is 0.269. The number of hydrogen-bond donors (Lipinski definition) is 2. The number of nitrogens with one attached hydrogen (secondary N) is 1. The second-order valence-corrected chi connectivity index (χ2v) is 12.3. The zero-order valence-corrected chi connectivity index (χ0v) is 26.1. The topological polar surface area (TPSA) is 104 Å². The van der Waals surface area contributed by atoms with Gasteiger partial charge in [0.05, 0.1) is 33.0 Å². The molecule has 1 saturated heterocycles. The summed E-state index contributed by atoms with van der Waals surface area (Å²) in [6, 6.07) is 5.30. The summed E-state index contributed by atoms with van der Waals surface area (Å²) in [5, 5.41) is 13.9. The van der Waals surface area contributed by atoms with Gasteiger partial charge in [0, 0.05) is 43.5 Å². The largest absolute Gasteiger partial charge is 0.507 e. The Labute approximate surface area is 263 Å². The Kier molecular flexibility index (Phi) is 7.76. The van der Waals surface area contributed by atoms with Gasteiger partial charge >= 0.3 is 5.69 Å². The Morgan fingerprint density at radius 2 is 1.96 bits per heavy atom. The van der Waals surface area contributed by atoms with Crippen molar-refractivity contribution in [2.24, 2.45) is 0 Å². The molecule has 4 aromatic rings. The summed E-state index contributed by atoms with van der Waals surface area (Å²) in [6.45, 7) is 11.9. The lowest BCUT2D eigenvalue weighted by Crippen LogP contribution is -2.60. The van der Waals surface area contributed by atoms with Crippen LogP contribution in [0.5, 0.6) is 5.75 Å². The van der Waals surface area contributed by atoms with Crippen molar-refractivity contribution in [2.45, 2.75) is 52.1 Å². The highest BCUT2D eigenvalue weighted by Gasteiger charge is 2.39. The smallest absolute Gasteiger partial charge is 0.354 e. The first kappa shape index (κ1) is 30.5. The maximum Gasteiger partial charge on any atom is 0.354 e. The highest BCUT2D eigenvalue weighted by Crippen LogP contribution is 2.47. The Morgan fingerprint density at radius 1 is 1.20 bits per heavy atom. The summed E-state index contributed by atoms with van der Waals surface area (Å²) in [4.78, 5) is 39.5. The number of benzene rings is 2. The number of amides is 1. The van der Waals surface area contributed by atoms with Gasteiger partial charge in [0.1, 0.15) is 17.1 Å². The second kappa shape index (κ2) is 11.4. The number of phenols is 1. The van der Waals surface area contributed by atoms with Gasteiger partial charge < -0.3 is 20.2 Å². The van der Waals surface area contributed by atoms with Crippen LogP contribution in [0.1, 0.15) is 44.4 Å². The first-order valence-electron chi connectivity index (χ1n) is 14.8. The molecule has 0 saturated carbocycles. The molecule has 0 radical (unpaired) electrons. The Morgan fingerprint density at radius 3 is 2.64 bits per heavy atom. The molecule has 1 fully saturated rings. The number of aryl methyl sites for hydroxylation is 1. The zero-order valence-electron chi connectivity index (χ0n) is 25.4. The van der Waals surface area contributed by atoms with E-state index in [9.17, 15) is 14.7 Å². The van der Waals surface area contributed by atoms with Crippen LogP contribution < -0.4 is 15.9 Å². The molecule has 45 heavy (non-hydrogen) atoms. The molecule has 9 nitrogen and oxygen atoms in total. The third-order valence-electron chi connectivity index (χ3n) is 8.71. The molecule has 2 unspecified atom stereocenters. The molecule has 234 valence electrons. The number of anilines is 2. The molecular weight excluding hydrogens is 602 g/mol. The minimum Gasteiger partial charge on any atom is -0.507 e. The van der Waals surface area contributed by atoms with Crippen LogP contribution in [0, 0.1) is 18.6 Å². The normalized spacial score (nSPS) is 18.0. The minimum absolute atomic E-state index is 0.0642. The third-order valence-corrected chi connectivity index (χ3v) is 9.02. The van der Waals surface area contributed by atoms with E-state index in [0.717, 1.165) is 4.57 Å². The standard InChI is InChI=1S/C33H33ClF2N6O3/c1-6-22(44)40-15-19-11-13-38-29-25-31(27(36)24(26(29)35)23-20(34)8-7-9-21(23)43)42(30-17(4)10-12-37-28(30)16(2)3)33(45)39-32(25)41(19)14-18(40)5/h6-10,12,16,18-19,38,43H,1,11,13-15H2,2-5H3. The summed E-state index contributed by atoms with van der Waals surface area (Å²) in [5.41, 5.74) is -0.361. The fourth-order valence-corrected chi connectivity index (χ4v) is 6.84. The van der Waals surface area contributed by atoms with Gasteiger partial charge in [-0.1, -0.05) is 38.1 Å². The van der Waals surface area contributed by atoms with Crippen molar-refractivity contribution in [2.75, 3.05) is 29.9 Å². The molecule has 12 heteroatoms. The number of fused-ring (bicyclic) bond motifs is 2. The number of hydrogen-bond acceptors (Lipinski definition) is 7. The van der Waals surface area contributed by atoms with Gasteiger partial charge in [-0.2, -0.15) is 4.98 Å². The predicted molar refractivity (Wildman–Crippen MR) is 172 cm³/mol. The lowest BCUT2D eigenvalue weighted by molar-refractivity contribution is -0.128. The number of carbonyl (C=O) groups is 1. The zero-order chi connectivity index (χ0) is 32.3. The van der Waals surface area contributed by atoms with Crippen LogP contribution in [0.25, 0.3) is 27.7 Å². The summed E-state index contributed by atoms with van der Waals surface area (Å²) < 4.78 is 35.3. The number of piperazine rings is 1. The molecule has 1 amide bonds. The van der Waals surface area contributed by atoms with Crippen molar-refractivity contribution >= 4 is 39.9 Å². The monoisotopic (exact) mass is 634 g/mol. The fourth-order valence-electron chi connectivity index (χ4n) is 6.58. The van der Waals surface area contributed by atoms with Crippen molar-refractivity contribution in [1.29, 1.82) is 0 Å². The van der Waals surface area contributed by atoms with Crippen LogP contribution in [-0.2, 0) is 4.79 Å². The van der Waals surface area contributed by atoms with Crippen molar-refractivity contribution in [1.82, 2.24) is 19.4 Å². The van der Waals surface area contributed by atoms with Crippen LogP contribution in [0.2, 0.25) is 5.02 Å². The number of carbonyl (C=O) groups excluding carboxylic acids is 1. The number of pyridine rings is 1. The summed E-state index contributed by atoms with van der Waals surface area (Å²) >= 11 is 6.44. The predicted octanol–water partition coefficient (Wildman–Crippen LogP) is 5.92. The average molecular weight is 635 g/mol. The molecule has 2 N–H and O–H groups in total. The molecule has 2 aliphatic heterocycles. The summed E-state index contributed by atoms with van der Waals surface area (Å²) in [6.07, 6.45) is 3.34. The van der Waals surface area contributed by atoms with Crippen LogP contribution in [0.3, 0.4) is 0 Å². The van der Waals surface area contributed by atoms with Crippen LogP contribution >= 0.6 is 11.6 Å². The van der Waals surface area contributed by atoms with Gasteiger partial charge in [-0.05, 0) is 56.0 Å². The number of phenolic OH excluding ortho intramolecular Hbond substituents is 1. The Balaban J connectivity index is 1.77. The first-order valence-corrected chi connectivity index (χ1v) is 15.2. The van der Waals surface area contributed by atoms with Crippen molar-refractivity contribution in [3.63, 3.8) is 0 Å². The number of aromatic hydroxyl groups is 1. The van der Waals surface area contributed by atoms with Crippen LogP contribution in [-0.4, -0.2) is 62.2 Å². The highest BCUT2D eigenvalue weighted by atomic mass is 35.5. The lowest BCUT2D eigenvalue weighted by Gasteiger charge is -2.46. The maximum absolute atomic E-state index is 17.3. The average Bonchev–Trinajstić information content (AvgIpc) is 2.99.